The number of likely N-dealkylation sites (tertiary alicyclic amines) is 1. The summed E-state index contributed by atoms with van der Waals surface area (Å²) < 4.78 is 10.1. The van der Waals surface area contributed by atoms with Crippen molar-refractivity contribution in [3.05, 3.63) is 17.9 Å². The molecule has 0 radical (unpaired) electrons. The van der Waals surface area contributed by atoms with Crippen LogP contribution in [0.3, 0.4) is 0 Å². The van der Waals surface area contributed by atoms with Crippen molar-refractivity contribution in [2.45, 2.75) is 19.8 Å². The molecule has 0 saturated carbocycles. The van der Waals surface area contributed by atoms with E-state index >= 15 is 0 Å². The first kappa shape index (κ1) is 13.5. The number of nitrogens with zero attached hydrogens (tertiary/aromatic N) is 1. The van der Waals surface area contributed by atoms with E-state index in [0.717, 1.165) is 12.8 Å². The molecule has 0 spiro atoms. The Labute approximate surface area is 111 Å². The van der Waals surface area contributed by atoms with Gasteiger partial charge in [-0.15, -0.1) is 0 Å². The first-order valence-corrected chi connectivity index (χ1v) is 6.43. The number of hydrogen-bond acceptors (Lipinski definition) is 5. The molecular formula is C13H18N2O4. The molecule has 1 amide bonds. The van der Waals surface area contributed by atoms with Crippen LogP contribution >= 0.6 is 0 Å². The molecule has 1 fully saturated rings. The first-order valence-electron chi connectivity index (χ1n) is 6.43. The number of ether oxygens (including phenoxy) is 1. The second kappa shape index (κ2) is 5.77. The number of nitrogens with two attached hydrogens (primary N) is 1. The lowest BCUT2D eigenvalue weighted by Gasteiger charge is -2.30. The second-order valence-corrected chi connectivity index (χ2v) is 4.54. The zero-order valence-corrected chi connectivity index (χ0v) is 10.9. The molecular weight excluding hydrogens is 248 g/mol. The molecule has 0 aliphatic carbocycles. The van der Waals surface area contributed by atoms with Gasteiger partial charge in [-0.05, 0) is 25.8 Å². The lowest BCUT2D eigenvalue weighted by molar-refractivity contribution is -0.149. The Kier molecular flexibility index (Phi) is 4.09. The lowest BCUT2D eigenvalue weighted by atomic mass is 9.98. The largest absolute Gasteiger partial charge is 0.466 e. The average molecular weight is 266 g/mol. The average Bonchev–Trinajstić information content (AvgIpc) is 2.85. The monoisotopic (exact) mass is 266 g/mol. The van der Waals surface area contributed by atoms with Crippen LogP contribution in [0.15, 0.2) is 16.5 Å². The summed E-state index contributed by atoms with van der Waals surface area (Å²) in [4.78, 5) is 25.5. The predicted molar refractivity (Wildman–Crippen MR) is 68.4 cm³/mol. The molecule has 2 N–H and O–H groups in total. The fourth-order valence-corrected chi connectivity index (χ4v) is 2.24. The molecule has 1 saturated heterocycles. The van der Waals surface area contributed by atoms with Crippen molar-refractivity contribution < 1.29 is 18.7 Å². The molecule has 19 heavy (non-hydrogen) atoms. The minimum absolute atomic E-state index is 0.210. The van der Waals surface area contributed by atoms with E-state index in [-0.39, 0.29) is 29.4 Å². The highest BCUT2D eigenvalue weighted by molar-refractivity contribution is 5.92. The van der Waals surface area contributed by atoms with E-state index in [4.69, 9.17) is 14.9 Å². The summed E-state index contributed by atoms with van der Waals surface area (Å²) in [6.07, 6.45) is 1.54. The fourth-order valence-electron chi connectivity index (χ4n) is 2.24. The molecule has 2 rings (SSSR count). The number of esters is 1. The van der Waals surface area contributed by atoms with Gasteiger partial charge in [0, 0.05) is 19.2 Å². The minimum Gasteiger partial charge on any atom is -0.466 e. The molecule has 1 unspecified atom stereocenters. The van der Waals surface area contributed by atoms with E-state index in [9.17, 15) is 9.59 Å². The summed E-state index contributed by atoms with van der Waals surface area (Å²) in [5.41, 5.74) is 5.45. The van der Waals surface area contributed by atoms with Gasteiger partial charge in [0.05, 0.1) is 12.5 Å². The SMILES string of the molecule is CCOC(=O)C1CCCN(C(=O)c2ccc(N)o2)C1. The molecule has 1 atom stereocenters. The van der Waals surface area contributed by atoms with E-state index in [2.05, 4.69) is 0 Å². The maximum Gasteiger partial charge on any atom is 0.310 e. The summed E-state index contributed by atoms with van der Waals surface area (Å²) in [7, 11) is 0. The molecule has 1 aromatic rings. The van der Waals surface area contributed by atoms with Crippen LogP contribution in [-0.2, 0) is 9.53 Å². The number of amides is 1. The van der Waals surface area contributed by atoms with E-state index in [1.165, 1.54) is 0 Å². The quantitative estimate of drug-likeness (QED) is 0.833. The number of furan rings is 1. The summed E-state index contributed by atoms with van der Waals surface area (Å²) in [6, 6.07) is 3.09. The van der Waals surface area contributed by atoms with Gasteiger partial charge in [0.25, 0.3) is 5.91 Å². The number of rotatable bonds is 3. The normalized spacial score (nSPS) is 19.2. The van der Waals surface area contributed by atoms with E-state index < -0.39 is 0 Å². The van der Waals surface area contributed by atoms with Crippen LogP contribution in [0.25, 0.3) is 0 Å². The molecule has 1 aliphatic heterocycles. The molecule has 6 nitrogen and oxygen atoms in total. The number of carbonyl (C=O) groups excluding carboxylic acids is 2. The van der Waals surface area contributed by atoms with Crippen molar-refractivity contribution in [3.8, 4) is 0 Å². The molecule has 2 heterocycles. The molecule has 0 aromatic carbocycles. The number of hydrogen-bond donors (Lipinski definition) is 1. The Morgan fingerprint density at radius 3 is 2.95 bits per heavy atom. The van der Waals surface area contributed by atoms with Crippen LogP contribution in [-0.4, -0.2) is 36.5 Å². The second-order valence-electron chi connectivity index (χ2n) is 4.54. The Morgan fingerprint density at radius 1 is 1.53 bits per heavy atom. The summed E-state index contributed by atoms with van der Waals surface area (Å²) in [5, 5.41) is 0. The number of piperidine rings is 1. The number of anilines is 1. The Bertz CT molecular complexity index is 469. The summed E-state index contributed by atoms with van der Waals surface area (Å²) in [6.45, 7) is 3.13. The summed E-state index contributed by atoms with van der Waals surface area (Å²) >= 11 is 0. The van der Waals surface area contributed by atoms with Gasteiger partial charge >= 0.3 is 5.97 Å². The van der Waals surface area contributed by atoms with Gasteiger partial charge in [-0.1, -0.05) is 0 Å². The first-order chi connectivity index (χ1) is 9.11. The zero-order chi connectivity index (χ0) is 13.8. The highest BCUT2D eigenvalue weighted by atomic mass is 16.5. The van der Waals surface area contributed by atoms with E-state index in [0.29, 0.717) is 19.7 Å². The zero-order valence-electron chi connectivity index (χ0n) is 10.9. The van der Waals surface area contributed by atoms with Crippen molar-refractivity contribution in [3.63, 3.8) is 0 Å². The maximum atomic E-state index is 12.2. The minimum atomic E-state index is -0.245. The lowest BCUT2D eigenvalue weighted by Crippen LogP contribution is -2.42. The predicted octanol–water partition coefficient (Wildman–Crippen LogP) is 1.28. The third-order valence-corrected chi connectivity index (χ3v) is 3.17. The van der Waals surface area contributed by atoms with Gasteiger partial charge in [0.15, 0.2) is 11.6 Å². The van der Waals surface area contributed by atoms with Gasteiger partial charge in [-0.25, -0.2) is 0 Å². The van der Waals surface area contributed by atoms with E-state index in [1.807, 2.05) is 0 Å². The van der Waals surface area contributed by atoms with E-state index in [1.54, 1.807) is 24.0 Å². The van der Waals surface area contributed by atoms with Crippen LogP contribution in [0.2, 0.25) is 0 Å². The molecule has 0 bridgehead atoms. The highest BCUT2D eigenvalue weighted by Gasteiger charge is 2.30. The number of carbonyl (C=O) groups is 2. The summed E-state index contributed by atoms with van der Waals surface area (Å²) in [5.74, 6) is -0.293. The van der Waals surface area contributed by atoms with Crippen LogP contribution in [0.1, 0.15) is 30.3 Å². The topological polar surface area (TPSA) is 85.8 Å². The maximum absolute atomic E-state index is 12.2. The van der Waals surface area contributed by atoms with Crippen LogP contribution in [0.4, 0.5) is 5.88 Å². The van der Waals surface area contributed by atoms with Crippen molar-refractivity contribution in [1.82, 2.24) is 4.90 Å². The Hall–Kier alpha value is -1.98. The Balaban J connectivity index is 2.01. The molecule has 1 aliphatic rings. The standard InChI is InChI=1S/C13H18N2O4/c1-2-18-13(17)9-4-3-7-15(8-9)12(16)10-5-6-11(14)19-10/h5-6,9H,2-4,7-8,14H2,1H3. The molecule has 1 aromatic heterocycles. The third kappa shape index (κ3) is 3.07. The van der Waals surface area contributed by atoms with Crippen LogP contribution in [0.5, 0.6) is 0 Å². The van der Waals surface area contributed by atoms with Gasteiger partial charge in [-0.3, -0.25) is 9.59 Å². The van der Waals surface area contributed by atoms with Crippen LogP contribution in [0, 0.1) is 5.92 Å². The van der Waals surface area contributed by atoms with Crippen molar-refractivity contribution in [2.75, 3.05) is 25.4 Å². The van der Waals surface area contributed by atoms with Crippen molar-refractivity contribution >= 4 is 17.8 Å². The van der Waals surface area contributed by atoms with Gasteiger partial charge < -0.3 is 19.8 Å². The van der Waals surface area contributed by atoms with Gasteiger partial charge in [0.2, 0.25) is 0 Å². The fraction of sp³-hybridized carbons (Fsp3) is 0.538. The van der Waals surface area contributed by atoms with Crippen molar-refractivity contribution in [1.29, 1.82) is 0 Å². The van der Waals surface area contributed by atoms with Crippen molar-refractivity contribution in [2.24, 2.45) is 5.92 Å². The smallest absolute Gasteiger partial charge is 0.310 e. The Morgan fingerprint density at radius 2 is 2.32 bits per heavy atom. The van der Waals surface area contributed by atoms with Gasteiger partial charge in [0.1, 0.15) is 0 Å². The molecule has 104 valence electrons. The third-order valence-electron chi connectivity index (χ3n) is 3.17. The van der Waals surface area contributed by atoms with Gasteiger partial charge in [-0.2, -0.15) is 0 Å². The number of nitrogen functional groups attached to an aromatic ring is 1. The molecule has 6 heteroatoms. The van der Waals surface area contributed by atoms with Crippen LogP contribution < -0.4 is 5.73 Å². The highest BCUT2D eigenvalue weighted by Crippen LogP contribution is 2.21.